The van der Waals surface area contributed by atoms with Gasteiger partial charge in [-0.1, -0.05) is 51.1 Å². The summed E-state index contributed by atoms with van der Waals surface area (Å²) in [5.41, 5.74) is 1.98. The Hall–Kier alpha value is -3.50. The molecule has 2 fully saturated rings. The first kappa shape index (κ1) is 31.4. The monoisotopic (exact) mass is 580 g/mol. The van der Waals surface area contributed by atoms with Crippen molar-refractivity contribution in [3.63, 3.8) is 0 Å². The maximum absolute atomic E-state index is 13.1. The second-order valence-corrected chi connectivity index (χ2v) is 12.0. The van der Waals surface area contributed by atoms with Gasteiger partial charge in [-0.25, -0.2) is 4.79 Å². The Kier molecular flexibility index (Phi) is 10.9. The smallest absolute Gasteiger partial charge is 0.410 e. The number of amides is 1. The Balaban J connectivity index is 1.35. The summed E-state index contributed by atoms with van der Waals surface area (Å²) >= 11 is 0. The molecule has 0 unspecified atom stereocenters. The van der Waals surface area contributed by atoms with Crippen LogP contribution in [0.5, 0.6) is 0 Å². The molecule has 10 heteroatoms. The molecule has 0 aromatic heterocycles. The lowest BCUT2D eigenvalue weighted by atomic mass is 9.88. The number of nitrogens with zero attached hydrogens (tertiary/aromatic N) is 4. The number of non-ortho nitro benzene ring substituents is 1. The Morgan fingerprint density at radius 1 is 1.07 bits per heavy atom. The summed E-state index contributed by atoms with van der Waals surface area (Å²) in [6, 6.07) is 16.1. The van der Waals surface area contributed by atoms with Crippen LogP contribution in [0.15, 0.2) is 54.6 Å². The van der Waals surface area contributed by atoms with E-state index in [-0.39, 0.29) is 36.3 Å². The zero-order chi connectivity index (χ0) is 30.2. The van der Waals surface area contributed by atoms with Crippen molar-refractivity contribution in [3.05, 3.63) is 75.8 Å². The molecule has 228 valence electrons. The molecule has 1 N–H and O–H groups in total. The fourth-order valence-electron chi connectivity index (χ4n) is 6.61. The van der Waals surface area contributed by atoms with E-state index < -0.39 is 16.9 Å². The number of nitro benzene ring substituents is 1. The van der Waals surface area contributed by atoms with Crippen LogP contribution < -0.4 is 0 Å². The van der Waals surface area contributed by atoms with Crippen LogP contribution in [0.2, 0.25) is 0 Å². The molecule has 10 nitrogen and oxygen atoms in total. The average molecular weight is 581 g/mol. The first-order chi connectivity index (χ1) is 20.2. The Morgan fingerprint density at radius 3 is 2.31 bits per heavy atom. The highest BCUT2D eigenvalue weighted by atomic mass is 16.6. The van der Waals surface area contributed by atoms with Gasteiger partial charge in [-0.15, -0.1) is 0 Å². The maximum Gasteiger partial charge on any atom is 0.410 e. The van der Waals surface area contributed by atoms with Crippen LogP contribution in [-0.2, 0) is 16.1 Å². The lowest BCUT2D eigenvalue weighted by molar-refractivity contribution is -0.384. The van der Waals surface area contributed by atoms with E-state index in [4.69, 9.17) is 4.74 Å². The van der Waals surface area contributed by atoms with Gasteiger partial charge in [0.2, 0.25) is 0 Å². The van der Waals surface area contributed by atoms with E-state index in [1.165, 1.54) is 17.7 Å². The van der Waals surface area contributed by atoms with Gasteiger partial charge in [-0.3, -0.25) is 19.8 Å². The third-order valence-corrected chi connectivity index (χ3v) is 8.67. The highest BCUT2D eigenvalue weighted by Gasteiger charge is 2.41. The van der Waals surface area contributed by atoms with Crippen molar-refractivity contribution < 1.29 is 24.4 Å². The number of carboxylic acids is 1. The average Bonchev–Trinajstić information content (AvgIpc) is 3.38. The molecule has 2 aromatic rings. The van der Waals surface area contributed by atoms with Crippen molar-refractivity contribution in [2.24, 2.45) is 11.8 Å². The summed E-state index contributed by atoms with van der Waals surface area (Å²) in [7, 11) is 0. The third kappa shape index (κ3) is 7.86. The molecule has 0 spiro atoms. The number of carboxylic acid groups (broad SMARTS) is 1. The third-order valence-electron chi connectivity index (χ3n) is 8.67. The zero-order valence-electron chi connectivity index (χ0n) is 24.9. The molecule has 3 atom stereocenters. The van der Waals surface area contributed by atoms with Crippen LogP contribution in [0.1, 0.15) is 57.1 Å². The minimum absolute atomic E-state index is 0.00599. The second-order valence-electron chi connectivity index (χ2n) is 12.0. The number of hydrogen-bond acceptors (Lipinski definition) is 7. The topological polar surface area (TPSA) is 116 Å². The van der Waals surface area contributed by atoms with E-state index in [2.05, 4.69) is 34.1 Å². The number of hydrogen-bond donors (Lipinski definition) is 1. The molecular weight excluding hydrogens is 536 g/mol. The summed E-state index contributed by atoms with van der Waals surface area (Å²) in [5, 5.41) is 20.8. The predicted molar refractivity (Wildman–Crippen MR) is 160 cm³/mol. The molecule has 2 heterocycles. The van der Waals surface area contributed by atoms with Crippen molar-refractivity contribution in [1.29, 1.82) is 0 Å². The number of carbonyl (C=O) groups excluding carboxylic acids is 1. The van der Waals surface area contributed by atoms with Crippen LogP contribution in [-0.4, -0.2) is 88.1 Å². The lowest BCUT2D eigenvalue weighted by Crippen LogP contribution is -2.49. The van der Waals surface area contributed by atoms with Gasteiger partial charge in [0.25, 0.3) is 5.69 Å². The van der Waals surface area contributed by atoms with Crippen molar-refractivity contribution in [2.75, 3.05) is 39.3 Å². The van der Waals surface area contributed by atoms with Gasteiger partial charge in [0.1, 0.15) is 12.6 Å². The van der Waals surface area contributed by atoms with Gasteiger partial charge < -0.3 is 19.6 Å². The van der Waals surface area contributed by atoms with Crippen LogP contribution in [0.25, 0.3) is 0 Å². The Bertz CT molecular complexity index is 1180. The summed E-state index contributed by atoms with van der Waals surface area (Å²) in [6.07, 6.45) is 2.17. The first-order valence-corrected chi connectivity index (χ1v) is 15.1. The number of ether oxygens (including phenoxy) is 1. The minimum Gasteiger partial charge on any atom is -0.480 e. The number of carbonyl (C=O) groups is 2. The maximum atomic E-state index is 13.1. The van der Waals surface area contributed by atoms with Crippen molar-refractivity contribution in [2.45, 2.75) is 64.6 Å². The highest BCUT2D eigenvalue weighted by Crippen LogP contribution is 2.36. The molecule has 0 saturated carbocycles. The second kappa shape index (κ2) is 14.6. The largest absolute Gasteiger partial charge is 0.480 e. The van der Waals surface area contributed by atoms with Crippen LogP contribution in [0.3, 0.4) is 0 Å². The van der Waals surface area contributed by atoms with Gasteiger partial charge in [0, 0.05) is 63.4 Å². The number of benzene rings is 2. The van der Waals surface area contributed by atoms with Crippen molar-refractivity contribution in [1.82, 2.24) is 14.7 Å². The summed E-state index contributed by atoms with van der Waals surface area (Å²) in [6.45, 7) is 10.8. The van der Waals surface area contributed by atoms with E-state index in [0.29, 0.717) is 18.0 Å². The molecule has 2 saturated heterocycles. The van der Waals surface area contributed by atoms with Crippen LogP contribution >= 0.6 is 0 Å². The number of aliphatic carboxylic acids is 1. The number of rotatable bonds is 12. The molecule has 2 aliphatic heterocycles. The van der Waals surface area contributed by atoms with E-state index in [1.54, 1.807) is 12.1 Å². The quantitative estimate of drug-likeness (QED) is 0.268. The lowest BCUT2D eigenvalue weighted by Gasteiger charge is -2.39. The molecule has 42 heavy (non-hydrogen) atoms. The van der Waals surface area contributed by atoms with Gasteiger partial charge in [0.15, 0.2) is 0 Å². The molecule has 1 amide bonds. The van der Waals surface area contributed by atoms with Gasteiger partial charge >= 0.3 is 12.1 Å². The van der Waals surface area contributed by atoms with E-state index in [9.17, 15) is 24.8 Å². The van der Waals surface area contributed by atoms with Gasteiger partial charge in [-0.2, -0.15) is 0 Å². The van der Waals surface area contributed by atoms with Crippen molar-refractivity contribution in [3.8, 4) is 0 Å². The van der Waals surface area contributed by atoms with Gasteiger partial charge in [0.05, 0.1) is 4.92 Å². The summed E-state index contributed by atoms with van der Waals surface area (Å²) in [5.74, 6) is -0.133. The summed E-state index contributed by atoms with van der Waals surface area (Å²) < 4.78 is 5.62. The van der Waals surface area contributed by atoms with Crippen LogP contribution in [0.4, 0.5) is 10.5 Å². The molecule has 4 rings (SSSR count). The first-order valence-electron chi connectivity index (χ1n) is 15.1. The molecule has 0 radical (unpaired) electrons. The van der Waals surface area contributed by atoms with Crippen LogP contribution in [0, 0.1) is 22.0 Å². The molecular formula is C32H44N4O6. The molecule has 0 bridgehead atoms. The molecule has 2 aromatic carbocycles. The number of nitro groups is 1. The fourth-order valence-corrected chi connectivity index (χ4v) is 6.61. The molecule has 2 aliphatic rings. The van der Waals surface area contributed by atoms with E-state index in [0.717, 1.165) is 52.0 Å². The highest BCUT2D eigenvalue weighted by molar-refractivity contribution is 5.74. The predicted octanol–water partition coefficient (Wildman–Crippen LogP) is 5.23. The standard InChI is InChI=1S/C32H44N4O6/c1-4-16-35(32(39)42-22-24-10-12-28(13-11-24)36(40)41)27-14-17-33(18-15-27)19-26-20-34(30(23(2)3)31(37)38)21-29(26)25-8-6-5-7-9-25/h5-13,23,26-27,29-30H,4,14-22H2,1-3H3,(H,37,38)/t26-,29+,30+/m0/s1. The van der Waals surface area contributed by atoms with E-state index in [1.807, 2.05) is 31.7 Å². The normalized spacial score (nSPS) is 20.9. The Labute approximate surface area is 248 Å². The Morgan fingerprint density at radius 2 is 1.74 bits per heavy atom. The minimum atomic E-state index is -0.755. The number of piperidine rings is 1. The fraction of sp³-hybridized carbons (Fsp3) is 0.562. The number of likely N-dealkylation sites (tertiary alicyclic amines) is 2. The summed E-state index contributed by atoms with van der Waals surface area (Å²) in [4.78, 5) is 42.1. The molecule has 0 aliphatic carbocycles. The van der Waals surface area contributed by atoms with Crippen molar-refractivity contribution >= 4 is 17.7 Å². The van der Waals surface area contributed by atoms with E-state index >= 15 is 0 Å². The SMILES string of the molecule is CCCN(C(=O)OCc1ccc([N+](=O)[O-])cc1)C1CCN(C[C@H]2CN([C@@H](C(=O)O)C(C)C)C[C@@H]2c2ccccc2)CC1. The van der Waals surface area contributed by atoms with Gasteiger partial charge in [-0.05, 0) is 54.4 Å². The zero-order valence-corrected chi connectivity index (χ0v) is 24.9.